The van der Waals surface area contributed by atoms with Gasteiger partial charge < -0.3 is 10.2 Å². The van der Waals surface area contributed by atoms with Crippen molar-refractivity contribution in [2.75, 3.05) is 31.6 Å². The molecule has 0 aromatic heterocycles. The molecule has 3 heteroatoms. The van der Waals surface area contributed by atoms with Gasteiger partial charge in [-0.25, -0.2) is 0 Å². The van der Waals surface area contributed by atoms with Gasteiger partial charge in [0.05, 0.1) is 0 Å². The first kappa shape index (κ1) is 16.6. The number of nitrogens with zero attached hydrogens (tertiary/aromatic N) is 1. The van der Waals surface area contributed by atoms with Crippen molar-refractivity contribution in [2.24, 2.45) is 11.3 Å². The van der Waals surface area contributed by atoms with Crippen LogP contribution in [0.1, 0.15) is 52.9 Å². The van der Waals surface area contributed by atoms with Crippen LogP contribution >= 0.6 is 11.8 Å². The van der Waals surface area contributed by atoms with Crippen LogP contribution in [0.5, 0.6) is 0 Å². The molecule has 1 saturated heterocycles. The number of nitrogens with one attached hydrogen (secondary N) is 1. The molecule has 2 aliphatic rings. The molecule has 1 saturated carbocycles. The van der Waals surface area contributed by atoms with Crippen LogP contribution in [0, 0.1) is 11.3 Å². The van der Waals surface area contributed by atoms with Crippen LogP contribution in [0.25, 0.3) is 0 Å². The Morgan fingerprint density at radius 1 is 1.30 bits per heavy atom. The summed E-state index contributed by atoms with van der Waals surface area (Å²) in [6, 6.07) is 1.58. The van der Waals surface area contributed by atoms with Gasteiger partial charge in [-0.3, -0.25) is 0 Å². The van der Waals surface area contributed by atoms with E-state index in [9.17, 15) is 0 Å². The van der Waals surface area contributed by atoms with Gasteiger partial charge in [0.15, 0.2) is 0 Å². The van der Waals surface area contributed by atoms with Crippen LogP contribution in [0.2, 0.25) is 0 Å². The van der Waals surface area contributed by atoms with Crippen molar-refractivity contribution < 1.29 is 0 Å². The predicted octanol–water partition coefficient (Wildman–Crippen LogP) is 3.62. The summed E-state index contributed by atoms with van der Waals surface area (Å²) in [5.74, 6) is 3.54. The third-order valence-electron chi connectivity index (χ3n) is 5.22. The fourth-order valence-corrected chi connectivity index (χ4v) is 5.21. The summed E-state index contributed by atoms with van der Waals surface area (Å²) in [6.45, 7) is 9.67. The lowest BCUT2D eigenvalue weighted by molar-refractivity contribution is 0.0977. The fraction of sp³-hybridized carbons (Fsp3) is 1.00. The highest BCUT2D eigenvalue weighted by Gasteiger charge is 2.36. The molecule has 0 radical (unpaired) electrons. The Morgan fingerprint density at radius 2 is 2.10 bits per heavy atom. The van der Waals surface area contributed by atoms with Gasteiger partial charge >= 0.3 is 0 Å². The minimum absolute atomic E-state index is 0.542. The summed E-state index contributed by atoms with van der Waals surface area (Å²) in [4.78, 5) is 2.66. The lowest BCUT2D eigenvalue weighted by atomic mass is 9.69. The van der Waals surface area contributed by atoms with E-state index >= 15 is 0 Å². The average Bonchev–Trinajstić information content (AvgIpc) is 2.91. The maximum Gasteiger partial charge on any atom is 0.0191 e. The van der Waals surface area contributed by atoms with Gasteiger partial charge in [0, 0.05) is 24.4 Å². The molecule has 3 atom stereocenters. The van der Waals surface area contributed by atoms with E-state index in [-0.39, 0.29) is 0 Å². The van der Waals surface area contributed by atoms with Gasteiger partial charge in [0.25, 0.3) is 0 Å². The molecule has 118 valence electrons. The zero-order valence-electron chi connectivity index (χ0n) is 14.0. The van der Waals surface area contributed by atoms with Gasteiger partial charge in [-0.1, -0.05) is 20.8 Å². The molecule has 0 spiro atoms. The van der Waals surface area contributed by atoms with E-state index in [0.29, 0.717) is 5.41 Å². The lowest BCUT2D eigenvalue weighted by Crippen LogP contribution is -2.48. The molecule has 0 aromatic rings. The minimum atomic E-state index is 0.542. The van der Waals surface area contributed by atoms with Crippen LogP contribution < -0.4 is 5.32 Å². The van der Waals surface area contributed by atoms with Crippen LogP contribution in [-0.4, -0.2) is 48.6 Å². The van der Waals surface area contributed by atoms with Crippen molar-refractivity contribution in [2.45, 2.75) is 65.0 Å². The SMILES string of the molecule is CCCNC1CCC(C)(C)CC1CN(C)C1CCSC1. The van der Waals surface area contributed by atoms with Crippen LogP contribution in [0.4, 0.5) is 0 Å². The van der Waals surface area contributed by atoms with E-state index in [4.69, 9.17) is 0 Å². The maximum absolute atomic E-state index is 3.82. The van der Waals surface area contributed by atoms with Gasteiger partial charge in [0.2, 0.25) is 0 Å². The molecule has 1 aliphatic carbocycles. The predicted molar refractivity (Wildman–Crippen MR) is 91.6 cm³/mol. The molecule has 20 heavy (non-hydrogen) atoms. The Hall–Kier alpha value is 0.270. The standard InChI is InChI=1S/C17H34N2S/c1-5-9-18-16-6-8-17(2,3)11-14(16)12-19(4)15-7-10-20-13-15/h14-16,18H,5-13H2,1-4H3. The molecule has 2 rings (SSSR count). The topological polar surface area (TPSA) is 15.3 Å². The first-order valence-electron chi connectivity index (χ1n) is 8.53. The molecular formula is C17H34N2S. The van der Waals surface area contributed by atoms with Crippen molar-refractivity contribution in [3.8, 4) is 0 Å². The molecule has 0 aromatic carbocycles. The van der Waals surface area contributed by atoms with E-state index in [0.717, 1.165) is 18.0 Å². The van der Waals surface area contributed by atoms with E-state index in [1.807, 2.05) is 0 Å². The smallest absolute Gasteiger partial charge is 0.0191 e. The summed E-state index contributed by atoms with van der Waals surface area (Å²) >= 11 is 2.13. The fourth-order valence-electron chi connectivity index (χ4n) is 3.91. The highest BCUT2D eigenvalue weighted by molar-refractivity contribution is 7.99. The van der Waals surface area contributed by atoms with Gasteiger partial charge in [0.1, 0.15) is 0 Å². The molecule has 1 heterocycles. The van der Waals surface area contributed by atoms with Gasteiger partial charge in [-0.15, -0.1) is 0 Å². The molecule has 0 bridgehead atoms. The first-order valence-corrected chi connectivity index (χ1v) is 9.68. The van der Waals surface area contributed by atoms with Crippen LogP contribution in [0.15, 0.2) is 0 Å². The quantitative estimate of drug-likeness (QED) is 0.806. The molecule has 1 N–H and O–H groups in total. The van der Waals surface area contributed by atoms with E-state index in [1.54, 1.807) is 0 Å². The minimum Gasteiger partial charge on any atom is -0.314 e. The van der Waals surface area contributed by atoms with Crippen molar-refractivity contribution in [3.63, 3.8) is 0 Å². The first-order chi connectivity index (χ1) is 9.52. The van der Waals surface area contributed by atoms with E-state index in [2.05, 4.69) is 49.8 Å². The number of thioether (sulfide) groups is 1. The molecule has 3 unspecified atom stereocenters. The lowest BCUT2D eigenvalue weighted by Gasteiger charge is -2.43. The molecule has 2 nitrogen and oxygen atoms in total. The highest BCUT2D eigenvalue weighted by Crippen LogP contribution is 2.39. The second-order valence-corrected chi connectivity index (χ2v) is 8.83. The van der Waals surface area contributed by atoms with Crippen LogP contribution in [0.3, 0.4) is 0 Å². The Balaban J connectivity index is 1.91. The Kier molecular flexibility index (Phi) is 6.25. The molecular weight excluding hydrogens is 264 g/mol. The third-order valence-corrected chi connectivity index (χ3v) is 6.37. The second-order valence-electron chi connectivity index (χ2n) is 7.68. The van der Waals surface area contributed by atoms with E-state index in [1.165, 1.54) is 56.7 Å². The van der Waals surface area contributed by atoms with Gasteiger partial charge in [-0.2, -0.15) is 11.8 Å². The van der Waals surface area contributed by atoms with Crippen molar-refractivity contribution in [1.29, 1.82) is 0 Å². The summed E-state index contributed by atoms with van der Waals surface area (Å²) < 4.78 is 0. The summed E-state index contributed by atoms with van der Waals surface area (Å²) in [6.07, 6.45) is 6.78. The second kappa shape index (κ2) is 7.51. The molecule has 2 fully saturated rings. The van der Waals surface area contributed by atoms with Crippen molar-refractivity contribution in [1.82, 2.24) is 10.2 Å². The Bertz CT molecular complexity index is 287. The largest absolute Gasteiger partial charge is 0.314 e. The van der Waals surface area contributed by atoms with Crippen molar-refractivity contribution in [3.05, 3.63) is 0 Å². The Morgan fingerprint density at radius 3 is 2.75 bits per heavy atom. The third kappa shape index (κ3) is 4.64. The molecule has 0 amide bonds. The average molecular weight is 299 g/mol. The summed E-state index contributed by atoms with van der Waals surface area (Å²) in [5.41, 5.74) is 0.542. The summed E-state index contributed by atoms with van der Waals surface area (Å²) in [5, 5.41) is 3.82. The number of rotatable bonds is 6. The highest BCUT2D eigenvalue weighted by atomic mass is 32.2. The Labute approximate surface area is 130 Å². The monoisotopic (exact) mass is 298 g/mol. The number of hydrogen-bond acceptors (Lipinski definition) is 3. The van der Waals surface area contributed by atoms with E-state index < -0.39 is 0 Å². The normalized spacial score (nSPS) is 33.8. The van der Waals surface area contributed by atoms with Crippen molar-refractivity contribution >= 4 is 11.8 Å². The zero-order chi connectivity index (χ0) is 14.6. The zero-order valence-corrected chi connectivity index (χ0v) is 14.8. The van der Waals surface area contributed by atoms with Crippen LogP contribution in [-0.2, 0) is 0 Å². The maximum atomic E-state index is 3.82. The molecule has 1 aliphatic heterocycles. The van der Waals surface area contributed by atoms with Gasteiger partial charge in [-0.05, 0) is 62.8 Å². The summed E-state index contributed by atoms with van der Waals surface area (Å²) in [7, 11) is 2.36. The number of hydrogen-bond donors (Lipinski definition) is 1.